The van der Waals surface area contributed by atoms with Crippen LogP contribution < -0.4 is 5.32 Å². The zero-order valence-electron chi connectivity index (χ0n) is 18.2. The third-order valence-corrected chi connectivity index (χ3v) is 6.73. The van der Waals surface area contributed by atoms with E-state index in [1.807, 2.05) is 6.07 Å². The van der Waals surface area contributed by atoms with Gasteiger partial charge >= 0.3 is 0 Å². The molecule has 33 heavy (non-hydrogen) atoms. The van der Waals surface area contributed by atoms with Crippen molar-refractivity contribution in [2.24, 2.45) is 5.92 Å². The molecule has 0 spiro atoms. The molecule has 5 rings (SSSR count). The average Bonchev–Trinajstić information content (AvgIpc) is 3.33. The summed E-state index contributed by atoms with van der Waals surface area (Å²) in [6, 6.07) is 13.2. The number of H-pyrrole nitrogens is 1. The monoisotopic (exact) mass is 445 g/mol. The molecule has 6 heteroatoms. The molecule has 2 aromatic carbocycles. The number of nitrogens with one attached hydrogen (secondary N) is 2. The number of benzene rings is 2. The number of fused-ring (bicyclic) bond motifs is 1. The van der Waals surface area contributed by atoms with Crippen molar-refractivity contribution in [1.82, 2.24) is 15.3 Å². The lowest BCUT2D eigenvalue weighted by Gasteiger charge is -2.29. The Kier molecular flexibility index (Phi) is 5.90. The van der Waals surface area contributed by atoms with Gasteiger partial charge in [0, 0.05) is 41.6 Å². The first-order chi connectivity index (χ1) is 16.1. The fourth-order valence-electron chi connectivity index (χ4n) is 4.96. The van der Waals surface area contributed by atoms with Crippen molar-refractivity contribution in [2.75, 3.05) is 6.54 Å². The predicted octanol–water partition coefficient (Wildman–Crippen LogP) is 6.21. The van der Waals surface area contributed by atoms with Crippen LogP contribution in [0, 0.1) is 17.6 Å². The number of aromatic nitrogens is 2. The van der Waals surface area contributed by atoms with Crippen LogP contribution in [0.4, 0.5) is 8.78 Å². The highest BCUT2D eigenvalue weighted by molar-refractivity contribution is 6.00. The third kappa shape index (κ3) is 4.38. The van der Waals surface area contributed by atoms with Gasteiger partial charge in [0.1, 0.15) is 11.6 Å². The van der Waals surface area contributed by atoms with Gasteiger partial charge in [0.2, 0.25) is 0 Å². The summed E-state index contributed by atoms with van der Waals surface area (Å²) in [4.78, 5) is 20.1. The highest BCUT2D eigenvalue weighted by Crippen LogP contribution is 2.38. The molecular formula is C27H25F2N3O. The van der Waals surface area contributed by atoms with Crippen LogP contribution in [0.25, 0.3) is 22.0 Å². The summed E-state index contributed by atoms with van der Waals surface area (Å²) in [6.07, 6.45) is 9.00. The summed E-state index contributed by atoms with van der Waals surface area (Å²) in [6.45, 7) is 0.583. The molecule has 1 aliphatic carbocycles. The lowest BCUT2D eigenvalue weighted by atomic mass is 9.78. The highest BCUT2D eigenvalue weighted by Gasteiger charge is 2.25. The van der Waals surface area contributed by atoms with Crippen LogP contribution in [0.15, 0.2) is 67.1 Å². The molecule has 2 aromatic heterocycles. The van der Waals surface area contributed by atoms with Gasteiger partial charge in [0.25, 0.3) is 5.91 Å². The molecule has 0 unspecified atom stereocenters. The van der Waals surface area contributed by atoms with E-state index in [1.54, 1.807) is 48.9 Å². The summed E-state index contributed by atoms with van der Waals surface area (Å²) in [5.74, 6) is -0.0552. The van der Waals surface area contributed by atoms with E-state index < -0.39 is 0 Å². The Bertz CT molecular complexity index is 1290. The number of hydrogen-bond acceptors (Lipinski definition) is 2. The van der Waals surface area contributed by atoms with E-state index in [-0.39, 0.29) is 17.5 Å². The second-order valence-electron chi connectivity index (χ2n) is 8.75. The third-order valence-electron chi connectivity index (χ3n) is 6.73. The normalized spacial score (nSPS) is 18.4. The maximum Gasteiger partial charge on any atom is 0.253 e. The Morgan fingerprint density at radius 2 is 1.82 bits per heavy atom. The Labute approximate surface area is 191 Å². The number of carbonyl (C=O) groups is 1. The Morgan fingerprint density at radius 3 is 2.64 bits per heavy atom. The number of aromatic amines is 1. The lowest BCUT2D eigenvalue weighted by Crippen LogP contribution is -2.31. The topological polar surface area (TPSA) is 57.8 Å². The molecule has 1 fully saturated rings. The molecule has 1 amide bonds. The summed E-state index contributed by atoms with van der Waals surface area (Å²) >= 11 is 0. The van der Waals surface area contributed by atoms with Crippen molar-refractivity contribution in [2.45, 2.75) is 31.6 Å². The van der Waals surface area contributed by atoms with Gasteiger partial charge in [-0.3, -0.25) is 9.78 Å². The van der Waals surface area contributed by atoms with Gasteiger partial charge in [-0.15, -0.1) is 0 Å². The number of amides is 1. The minimum Gasteiger partial charge on any atom is -0.366 e. The molecule has 0 atom stereocenters. The second-order valence-corrected chi connectivity index (χ2v) is 8.75. The van der Waals surface area contributed by atoms with E-state index in [1.165, 1.54) is 12.1 Å². The van der Waals surface area contributed by atoms with E-state index in [0.717, 1.165) is 42.1 Å². The minimum absolute atomic E-state index is 0.202. The van der Waals surface area contributed by atoms with E-state index in [4.69, 9.17) is 0 Å². The van der Waals surface area contributed by atoms with Crippen LogP contribution in [0.1, 0.15) is 47.5 Å². The summed E-state index contributed by atoms with van der Waals surface area (Å²) in [5, 5.41) is 3.93. The summed E-state index contributed by atoms with van der Waals surface area (Å²) in [7, 11) is 0. The smallest absolute Gasteiger partial charge is 0.253 e. The first-order valence-corrected chi connectivity index (χ1v) is 11.3. The number of pyridine rings is 1. The fourth-order valence-corrected chi connectivity index (χ4v) is 4.96. The van der Waals surface area contributed by atoms with Gasteiger partial charge in [-0.25, -0.2) is 8.78 Å². The molecule has 0 aliphatic heterocycles. The Hall–Kier alpha value is -3.54. The molecule has 4 aromatic rings. The zero-order valence-corrected chi connectivity index (χ0v) is 18.2. The van der Waals surface area contributed by atoms with Crippen molar-refractivity contribution < 1.29 is 13.6 Å². The molecule has 1 saturated carbocycles. The second kappa shape index (κ2) is 9.14. The largest absolute Gasteiger partial charge is 0.366 e. The standard InChI is InChI=1S/C27H25F2N3O/c28-19-9-10-26-22(13-19)20(11-12-31-26)18-7-5-17(6-8-18)14-32-27(33)24-16-30-15-23(24)21-3-1-2-4-25(21)29/h1-4,9-13,15-18,30H,5-8,14H2,(H,32,33). The molecule has 4 nitrogen and oxygen atoms in total. The highest BCUT2D eigenvalue weighted by atomic mass is 19.1. The summed E-state index contributed by atoms with van der Waals surface area (Å²) < 4.78 is 28.0. The zero-order chi connectivity index (χ0) is 22.8. The minimum atomic E-state index is -0.354. The van der Waals surface area contributed by atoms with Gasteiger partial charge in [-0.1, -0.05) is 18.2 Å². The Balaban J connectivity index is 1.21. The van der Waals surface area contributed by atoms with E-state index in [0.29, 0.717) is 35.1 Å². The first kappa shape index (κ1) is 21.3. The number of nitrogens with zero attached hydrogens (tertiary/aromatic N) is 1. The first-order valence-electron chi connectivity index (χ1n) is 11.3. The van der Waals surface area contributed by atoms with E-state index >= 15 is 0 Å². The van der Waals surface area contributed by atoms with Crippen LogP contribution in [-0.4, -0.2) is 22.4 Å². The molecule has 168 valence electrons. The van der Waals surface area contributed by atoms with Crippen molar-refractivity contribution in [3.8, 4) is 11.1 Å². The maximum atomic E-state index is 14.2. The van der Waals surface area contributed by atoms with Crippen LogP contribution >= 0.6 is 0 Å². The predicted molar refractivity (Wildman–Crippen MR) is 125 cm³/mol. The van der Waals surface area contributed by atoms with Crippen LogP contribution in [0.2, 0.25) is 0 Å². The van der Waals surface area contributed by atoms with Crippen molar-refractivity contribution in [3.05, 3.63) is 89.9 Å². The lowest BCUT2D eigenvalue weighted by molar-refractivity contribution is 0.0943. The molecule has 1 aliphatic rings. The van der Waals surface area contributed by atoms with Gasteiger partial charge in [0.05, 0.1) is 11.1 Å². The van der Waals surface area contributed by atoms with Crippen molar-refractivity contribution >= 4 is 16.8 Å². The molecule has 2 N–H and O–H groups in total. The van der Waals surface area contributed by atoms with Crippen LogP contribution in [-0.2, 0) is 0 Å². The van der Waals surface area contributed by atoms with E-state index in [9.17, 15) is 13.6 Å². The van der Waals surface area contributed by atoms with Crippen LogP contribution in [0.5, 0.6) is 0 Å². The molecular weight excluding hydrogens is 420 g/mol. The quantitative estimate of drug-likeness (QED) is 0.384. The van der Waals surface area contributed by atoms with Crippen molar-refractivity contribution in [3.63, 3.8) is 0 Å². The fraction of sp³-hybridized carbons (Fsp3) is 0.259. The SMILES string of the molecule is O=C(NCC1CCC(c2ccnc3ccc(F)cc23)CC1)c1c[nH]cc1-c1ccccc1F. The molecule has 0 saturated heterocycles. The molecule has 0 radical (unpaired) electrons. The Morgan fingerprint density at radius 1 is 1.00 bits per heavy atom. The number of rotatable bonds is 5. The molecule has 2 heterocycles. The van der Waals surface area contributed by atoms with Gasteiger partial charge in [-0.2, -0.15) is 0 Å². The number of carbonyl (C=O) groups excluding carboxylic acids is 1. The average molecular weight is 446 g/mol. The van der Waals surface area contributed by atoms with Crippen LogP contribution in [0.3, 0.4) is 0 Å². The van der Waals surface area contributed by atoms with Gasteiger partial charge in [0.15, 0.2) is 0 Å². The van der Waals surface area contributed by atoms with Gasteiger partial charge < -0.3 is 10.3 Å². The molecule has 0 bridgehead atoms. The number of hydrogen-bond donors (Lipinski definition) is 2. The summed E-state index contributed by atoms with van der Waals surface area (Å²) in [5.41, 5.74) is 3.39. The van der Waals surface area contributed by atoms with E-state index in [2.05, 4.69) is 15.3 Å². The van der Waals surface area contributed by atoms with Crippen molar-refractivity contribution in [1.29, 1.82) is 0 Å². The maximum absolute atomic E-state index is 14.2. The number of halogens is 2. The van der Waals surface area contributed by atoms with Gasteiger partial charge in [-0.05, 0) is 73.4 Å².